The van der Waals surface area contributed by atoms with Gasteiger partial charge in [-0.25, -0.2) is 9.48 Å². The number of carboxylic acids is 1. The Hall–Kier alpha value is -4.06. The summed E-state index contributed by atoms with van der Waals surface area (Å²) in [5.41, 5.74) is 6.15. The topological polar surface area (TPSA) is 76.4 Å². The van der Waals surface area contributed by atoms with Crippen molar-refractivity contribution in [2.24, 2.45) is 0 Å². The molecule has 0 radical (unpaired) electrons. The van der Waals surface area contributed by atoms with Crippen molar-refractivity contribution >= 4 is 17.5 Å². The van der Waals surface area contributed by atoms with E-state index in [-0.39, 0.29) is 5.56 Å². The minimum atomic E-state index is -0.986. The second-order valence-corrected chi connectivity index (χ2v) is 8.68. The van der Waals surface area contributed by atoms with Gasteiger partial charge in [0, 0.05) is 5.56 Å². The van der Waals surface area contributed by atoms with Gasteiger partial charge in [-0.2, -0.15) is 5.10 Å². The molecule has 0 unspecified atom stereocenters. The molecule has 0 aliphatic carbocycles. The van der Waals surface area contributed by atoms with Crippen LogP contribution in [0.4, 0.5) is 11.5 Å². The molecule has 0 aliphatic rings. The quantitative estimate of drug-likeness (QED) is 0.256. The third-order valence-corrected chi connectivity index (χ3v) is 5.97. The highest BCUT2D eigenvalue weighted by Gasteiger charge is 2.23. The van der Waals surface area contributed by atoms with Gasteiger partial charge in [-0.1, -0.05) is 61.4 Å². The number of benzene rings is 3. The van der Waals surface area contributed by atoms with Crippen LogP contribution in [0.5, 0.6) is 5.75 Å². The average molecular weight is 470 g/mol. The van der Waals surface area contributed by atoms with Crippen LogP contribution in [-0.4, -0.2) is 27.5 Å². The van der Waals surface area contributed by atoms with E-state index in [0.717, 1.165) is 52.2 Å². The van der Waals surface area contributed by atoms with Crippen molar-refractivity contribution in [3.63, 3.8) is 0 Å². The van der Waals surface area contributed by atoms with Crippen molar-refractivity contribution in [2.45, 2.75) is 40.5 Å². The number of para-hydroxylation sites is 2. The molecule has 0 saturated heterocycles. The Kier molecular flexibility index (Phi) is 7.20. The van der Waals surface area contributed by atoms with Gasteiger partial charge in [0.2, 0.25) is 0 Å². The fourth-order valence-corrected chi connectivity index (χ4v) is 4.14. The zero-order chi connectivity index (χ0) is 24.9. The van der Waals surface area contributed by atoms with E-state index in [4.69, 9.17) is 9.84 Å². The number of nitrogens with one attached hydrogen (secondary N) is 1. The molecule has 4 rings (SSSR count). The van der Waals surface area contributed by atoms with Crippen LogP contribution in [0.25, 0.3) is 16.8 Å². The Morgan fingerprint density at radius 3 is 2.51 bits per heavy atom. The number of carbonyl (C=O) groups is 1. The Bertz CT molecular complexity index is 1360. The largest absolute Gasteiger partial charge is 0.493 e. The maximum atomic E-state index is 12.1. The molecule has 0 spiro atoms. The molecule has 6 nitrogen and oxygen atoms in total. The number of aryl methyl sites for hydroxylation is 3. The van der Waals surface area contributed by atoms with Crippen LogP contribution in [0, 0.1) is 20.8 Å². The molecule has 2 N–H and O–H groups in total. The van der Waals surface area contributed by atoms with Crippen LogP contribution in [-0.2, 0) is 0 Å². The van der Waals surface area contributed by atoms with Crippen LogP contribution in [0.2, 0.25) is 0 Å². The number of hydrogen-bond donors (Lipinski definition) is 2. The molecule has 1 aromatic heterocycles. The summed E-state index contributed by atoms with van der Waals surface area (Å²) in [5.74, 6) is 0.480. The summed E-state index contributed by atoms with van der Waals surface area (Å²) in [4.78, 5) is 12.1. The van der Waals surface area contributed by atoms with E-state index in [2.05, 4.69) is 12.2 Å². The van der Waals surface area contributed by atoms with E-state index in [9.17, 15) is 9.90 Å². The van der Waals surface area contributed by atoms with E-state index >= 15 is 0 Å². The predicted molar refractivity (Wildman–Crippen MR) is 140 cm³/mol. The fourth-order valence-electron chi connectivity index (χ4n) is 4.14. The maximum absolute atomic E-state index is 12.1. The zero-order valence-electron chi connectivity index (χ0n) is 20.6. The van der Waals surface area contributed by atoms with Crippen LogP contribution in [0.1, 0.15) is 46.9 Å². The third kappa shape index (κ3) is 5.06. The average Bonchev–Trinajstić information content (AvgIpc) is 3.16. The van der Waals surface area contributed by atoms with Crippen molar-refractivity contribution in [3.05, 3.63) is 89.1 Å². The number of rotatable bonds is 9. The van der Waals surface area contributed by atoms with Crippen LogP contribution in [0.3, 0.4) is 0 Å². The van der Waals surface area contributed by atoms with E-state index in [0.29, 0.717) is 18.1 Å². The molecule has 0 atom stereocenters. The summed E-state index contributed by atoms with van der Waals surface area (Å²) in [5, 5.41) is 18.2. The molecule has 1 heterocycles. The van der Waals surface area contributed by atoms with Crippen molar-refractivity contribution < 1.29 is 14.6 Å². The van der Waals surface area contributed by atoms with Gasteiger partial charge in [-0.15, -0.1) is 0 Å². The predicted octanol–water partition coefficient (Wildman–Crippen LogP) is 7.09. The Labute approximate surface area is 206 Å². The molecule has 4 aromatic rings. The Morgan fingerprint density at radius 1 is 1.03 bits per heavy atom. The smallest absolute Gasteiger partial charge is 0.337 e. The van der Waals surface area contributed by atoms with Gasteiger partial charge in [0.15, 0.2) is 0 Å². The Balaban J connectivity index is 1.93. The summed E-state index contributed by atoms with van der Waals surface area (Å²) >= 11 is 0. The molecule has 0 amide bonds. The first-order chi connectivity index (χ1) is 16.9. The highest BCUT2D eigenvalue weighted by atomic mass is 16.5. The number of anilines is 2. The SMILES string of the molecule is CCCCOc1ccccc1-c1c(C)nn(-c2ccccc2C)c1Nc1ccc(C)cc1C(=O)O. The fraction of sp³-hybridized carbons (Fsp3) is 0.241. The van der Waals surface area contributed by atoms with Gasteiger partial charge < -0.3 is 15.2 Å². The highest BCUT2D eigenvalue weighted by molar-refractivity contribution is 5.96. The molecule has 0 aliphatic heterocycles. The molecule has 0 bridgehead atoms. The van der Waals surface area contributed by atoms with Gasteiger partial charge in [0.1, 0.15) is 11.6 Å². The lowest BCUT2D eigenvalue weighted by Crippen LogP contribution is -2.08. The first-order valence-corrected chi connectivity index (χ1v) is 11.9. The highest BCUT2D eigenvalue weighted by Crippen LogP contribution is 2.40. The number of aromatic nitrogens is 2. The lowest BCUT2D eigenvalue weighted by Gasteiger charge is -2.17. The molecule has 6 heteroatoms. The summed E-state index contributed by atoms with van der Waals surface area (Å²) in [6.07, 6.45) is 2.01. The monoisotopic (exact) mass is 469 g/mol. The third-order valence-electron chi connectivity index (χ3n) is 5.97. The minimum Gasteiger partial charge on any atom is -0.493 e. The van der Waals surface area contributed by atoms with E-state index < -0.39 is 5.97 Å². The number of ether oxygens (including phenoxy) is 1. The first-order valence-electron chi connectivity index (χ1n) is 11.9. The van der Waals surface area contributed by atoms with Crippen LogP contribution >= 0.6 is 0 Å². The molecular weight excluding hydrogens is 438 g/mol. The van der Waals surface area contributed by atoms with Gasteiger partial charge in [0.05, 0.1) is 34.8 Å². The van der Waals surface area contributed by atoms with Crippen molar-refractivity contribution in [2.75, 3.05) is 11.9 Å². The van der Waals surface area contributed by atoms with E-state index in [1.165, 1.54) is 0 Å². The zero-order valence-corrected chi connectivity index (χ0v) is 20.6. The molecule has 0 saturated carbocycles. The lowest BCUT2D eigenvalue weighted by molar-refractivity contribution is 0.0698. The number of hydrogen-bond acceptors (Lipinski definition) is 4. The van der Waals surface area contributed by atoms with Crippen molar-refractivity contribution in [1.82, 2.24) is 9.78 Å². The molecule has 35 heavy (non-hydrogen) atoms. The normalized spacial score (nSPS) is 10.9. The first kappa shape index (κ1) is 24.1. The number of nitrogens with zero attached hydrogens (tertiary/aromatic N) is 2. The molecule has 180 valence electrons. The van der Waals surface area contributed by atoms with Crippen molar-refractivity contribution in [3.8, 4) is 22.6 Å². The van der Waals surface area contributed by atoms with Gasteiger partial charge in [-0.3, -0.25) is 0 Å². The lowest BCUT2D eigenvalue weighted by atomic mass is 10.0. The summed E-state index contributed by atoms with van der Waals surface area (Å²) in [6, 6.07) is 21.3. The van der Waals surface area contributed by atoms with Crippen LogP contribution in [0.15, 0.2) is 66.7 Å². The standard InChI is InChI=1S/C29H31N3O3/c1-5-6-17-35-26-14-10-8-12-22(26)27-21(4)31-32(25-13-9-7-11-20(25)3)28(27)30-24-16-15-19(2)18-23(24)29(33)34/h7-16,18,30H,5-6,17H2,1-4H3,(H,33,34). The second-order valence-electron chi connectivity index (χ2n) is 8.68. The summed E-state index contributed by atoms with van der Waals surface area (Å²) in [7, 11) is 0. The van der Waals surface area contributed by atoms with Crippen LogP contribution < -0.4 is 10.1 Å². The summed E-state index contributed by atoms with van der Waals surface area (Å²) in [6.45, 7) is 8.64. The van der Waals surface area contributed by atoms with Gasteiger partial charge in [0.25, 0.3) is 0 Å². The molecular formula is C29H31N3O3. The Morgan fingerprint density at radius 2 is 1.77 bits per heavy atom. The van der Waals surface area contributed by atoms with E-state index in [1.54, 1.807) is 12.1 Å². The van der Waals surface area contributed by atoms with Crippen molar-refractivity contribution in [1.29, 1.82) is 0 Å². The number of aromatic carboxylic acids is 1. The second kappa shape index (κ2) is 10.5. The van der Waals surface area contributed by atoms with Gasteiger partial charge >= 0.3 is 5.97 Å². The molecule has 3 aromatic carbocycles. The number of carboxylic acid groups (broad SMARTS) is 1. The summed E-state index contributed by atoms with van der Waals surface area (Å²) < 4.78 is 8.01. The molecule has 0 fully saturated rings. The maximum Gasteiger partial charge on any atom is 0.337 e. The van der Waals surface area contributed by atoms with E-state index in [1.807, 2.05) is 80.1 Å². The minimum absolute atomic E-state index is 0.207. The number of unbranched alkanes of at least 4 members (excludes halogenated alkanes) is 1. The van der Waals surface area contributed by atoms with Gasteiger partial charge in [-0.05, 0) is 57.0 Å².